The minimum absolute atomic E-state index is 0.662. The molecule has 0 atom stereocenters. The number of unbranched alkanes of at least 4 members (excludes halogenated alkanes) is 1. The molecule has 0 unspecified atom stereocenters. The summed E-state index contributed by atoms with van der Waals surface area (Å²) in [6.45, 7) is 3.21. The molecule has 0 aromatic heterocycles. The molecule has 0 saturated carbocycles. The predicted molar refractivity (Wildman–Crippen MR) is 58.5 cm³/mol. The highest BCUT2D eigenvalue weighted by Crippen LogP contribution is 2.01. The van der Waals surface area contributed by atoms with Gasteiger partial charge in [-0.05, 0) is 19.4 Å². The van der Waals surface area contributed by atoms with Gasteiger partial charge in [0.15, 0.2) is 0 Å². The molecule has 0 saturated heterocycles. The summed E-state index contributed by atoms with van der Waals surface area (Å²) in [6, 6.07) is 0. The Morgan fingerprint density at radius 3 is 2.43 bits per heavy atom. The Bertz CT molecular complexity index is 115. The summed E-state index contributed by atoms with van der Waals surface area (Å²) >= 11 is -0.788. The van der Waals surface area contributed by atoms with Gasteiger partial charge in [0.1, 0.15) is 6.61 Å². The fourth-order valence-corrected chi connectivity index (χ4v) is 1.45. The largest absolute Gasteiger partial charge is 0.507 e. The molecule has 0 aromatic rings. The molecule has 0 spiro atoms. The molecule has 3 N–H and O–H groups in total. The second-order valence-electron chi connectivity index (χ2n) is 2.61. The van der Waals surface area contributed by atoms with Crippen molar-refractivity contribution in [3.05, 3.63) is 0 Å². The van der Waals surface area contributed by atoms with Gasteiger partial charge in [0, 0.05) is 13.1 Å². The third-order valence-electron chi connectivity index (χ3n) is 1.52. The van der Waals surface area contributed by atoms with Crippen molar-refractivity contribution in [3.8, 4) is 0 Å². The van der Waals surface area contributed by atoms with Crippen molar-refractivity contribution in [3.63, 3.8) is 0 Å². The molecule has 0 bridgehead atoms. The minimum atomic E-state index is -0.788. The SMILES string of the molecule is CO[S+](OC)OCCCCNCCN. The van der Waals surface area contributed by atoms with E-state index in [4.69, 9.17) is 18.3 Å². The van der Waals surface area contributed by atoms with Crippen LogP contribution in [0.1, 0.15) is 12.8 Å². The number of rotatable bonds is 10. The number of nitrogens with one attached hydrogen (secondary N) is 1. The molecule has 0 rings (SSSR count). The minimum Gasteiger partial charge on any atom is -0.329 e. The fraction of sp³-hybridized carbons (Fsp3) is 1.00. The second kappa shape index (κ2) is 11.2. The predicted octanol–water partition coefficient (Wildman–Crippen LogP) is -0.0124. The zero-order valence-corrected chi connectivity index (χ0v) is 9.77. The summed E-state index contributed by atoms with van der Waals surface area (Å²) in [6.07, 6.45) is 2.07. The Kier molecular flexibility index (Phi) is 11.3. The Morgan fingerprint density at radius 2 is 1.86 bits per heavy atom. The molecule has 0 radical (unpaired) electrons. The van der Waals surface area contributed by atoms with E-state index >= 15 is 0 Å². The molecule has 0 aromatic carbocycles. The maximum Gasteiger partial charge on any atom is 0.507 e. The van der Waals surface area contributed by atoms with Gasteiger partial charge in [0.05, 0.1) is 14.2 Å². The van der Waals surface area contributed by atoms with Gasteiger partial charge < -0.3 is 11.1 Å². The molecule has 0 amide bonds. The van der Waals surface area contributed by atoms with E-state index in [1.165, 1.54) is 0 Å². The topological polar surface area (TPSA) is 65.7 Å². The third-order valence-corrected chi connectivity index (χ3v) is 2.42. The van der Waals surface area contributed by atoms with Crippen molar-refractivity contribution in [2.24, 2.45) is 5.73 Å². The Morgan fingerprint density at radius 1 is 1.14 bits per heavy atom. The summed E-state index contributed by atoms with van der Waals surface area (Å²) < 4.78 is 15.1. The monoisotopic (exact) mass is 225 g/mol. The van der Waals surface area contributed by atoms with Crippen molar-refractivity contribution in [1.29, 1.82) is 0 Å². The first-order valence-electron chi connectivity index (χ1n) is 4.72. The normalized spacial score (nSPS) is 11.1. The highest BCUT2D eigenvalue weighted by Gasteiger charge is 2.21. The second-order valence-corrected chi connectivity index (χ2v) is 3.92. The van der Waals surface area contributed by atoms with E-state index in [1.807, 2.05) is 0 Å². The molecule has 86 valence electrons. The van der Waals surface area contributed by atoms with E-state index < -0.39 is 11.7 Å². The zero-order chi connectivity index (χ0) is 10.6. The van der Waals surface area contributed by atoms with Gasteiger partial charge in [-0.2, -0.15) is 0 Å². The van der Waals surface area contributed by atoms with Gasteiger partial charge in [-0.3, -0.25) is 0 Å². The summed E-state index contributed by atoms with van der Waals surface area (Å²) in [7, 11) is 3.13. The third kappa shape index (κ3) is 8.74. The van der Waals surface area contributed by atoms with Crippen LogP contribution in [0.25, 0.3) is 0 Å². The van der Waals surface area contributed by atoms with Crippen LogP contribution in [-0.4, -0.2) is 40.5 Å². The molecule has 0 aliphatic heterocycles. The van der Waals surface area contributed by atoms with Crippen LogP contribution in [0.4, 0.5) is 0 Å². The zero-order valence-electron chi connectivity index (χ0n) is 8.95. The molecular weight excluding hydrogens is 204 g/mol. The van der Waals surface area contributed by atoms with Crippen molar-refractivity contribution < 1.29 is 12.5 Å². The summed E-state index contributed by atoms with van der Waals surface area (Å²) in [5.41, 5.74) is 5.33. The molecular formula is C8H21N2O3S+. The van der Waals surface area contributed by atoms with Crippen LogP contribution in [0.5, 0.6) is 0 Å². The maximum absolute atomic E-state index is 5.33. The van der Waals surface area contributed by atoms with E-state index in [2.05, 4.69) is 5.32 Å². The van der Waals surface area contributed by atoms with Crippen LogP contribution < -0.4 is 11.1 Å². The first-order valence-corrected chi connectivity index (χ1v) is 5.72. The van der Waals surface area contributed by atoms with Crippen molar-refractivity contribution in [1.82, 2.24) is 5.32 Å². The lowest BCUT2D eigenvalue weighted by Gasteiger charge is -2.01. The van der Waals surface area contributed by atoms with Crippen LogP contribution in [0, 0.1) is 0 Å². The van der Waals surface area contributed by atoms with E-state index in [-0.39, 0.29) is 0 Å². The number of hydrogen-bond donors (Lipinski definition) is 2. The maximum atomic E-state index is 5.33. The molecule has 0 aliphatic carbocycles. The molecule has 0 aliphatic rings. The highest BCUT2D eigenvalue weighted by molar-refractivity contribution is 7.82. The van der Waals surface area contributed by atoms with E-state index in [0.717, 1.165) is 25.9 Å². The quantitative estimate of drug-likeness (QED) is 0.404. The standard InChI is InChI=1S/C8H21N2O3S/c1-11-14(12-2)13-8-4-3-6-10-7-5-9/h10H,3-9H2,1-2H3/q+1. The Balaban J connectivity index is 3.04. The average molecular weight is 225 g/mol. The van der Waals surface area contributed by atoms with Crippen LogP contribution in [-0.2, 0) is 24.3 Å². The first kappa shape index (κ1) is 14.2. The van der Waals surface area contributed by atoms with Gasteiger partial charge in [0.2, 0.25) is 0 Å². The van der Waals surface area contributed by atoms with Gasteiger partial charge in [0.25, 0.3) is 0 Å². The molecule has 0 fully saturated rings. The van der Waals surface area contributed by atoms with Crippen LogP contribution in [0.3, 0.4) is 0 Å². The summed E-state index contributed by atoms with van der Waals surface area (Å²) in [5.74, 6) is 0. The first-order chi connectivity index (χ1) is 6.85. The van der Waals surface area contributed by atoms with Crippen LogP contribution in [0.15, 0.2) is 0 Å². The highest BCUT2D eigenvalue weighted by atomic mass is 32.3. The van der Waals surface area contributed by atoms with Crippen LogP contribution >= 0.6 is 0 Å². The Hall–Kier alpha value is 0.150. The lowest BCUT2D eigenvalue weighted by molar-refractivity contribution is 0.223. The van der Waals surface area contributed by atoms with E-state index in [1.54, 1.807) is 14.2 Å². The van der Waals surface area contributed by atoms with Gasteiger partial charge in [-0.25, -0.2) is 0 Å². The number of nitrogens with two attached hydrogens (primary N) is 1. The van der Waals surface area contributed by atoms with Gasteiger partial charge in [-0.15, -0.1) is 12.5 Å². The summed E-state index contributed by atoms with van der Waals surface area (Å²) in [4.78, 5) is 0. The lowest BCUT2D eigenvalue weighted by Crippen LogP contribution is -2.23. The van der Waals surface area contributed by atoms with Gasteiger partial charge in [-0.1, -0.05) is 0 Å². The van der Waals surface area contributed by atoms with Crippen LogP contribution in [0.2, 0.25) is 0 Å². The molecule has 6 heteroatoms. The van der Waals surface area contributed by atoms with Gasteiger partial charge >= 0.3 is 11.7 Å². The van der Waals surface area contributed by atoms with E-state index in [0.29, 0.717) is 13.2 Å². The van der Waals surface area contributed by atoms with E-state index in [9.17, 15) is 0 Å². The van der Waals surface area contributed by atoms with Crippen molar-refractivity contribution in [2.75, 3.05) is 40.5 Å². The molecule has 14 heavy (non-hydrogen) atoms. The number of hydrogen-bond acceptors (Lipinski definition) is 5. The molecule has 5 nitrogen and oxygen atoms in total. The average Bonchev–Trinajstić information content (AvgIpc) is 2.22. The molecule has 0 heterocycles. The Labute approximate surface area is 89.2 Å². The fourth-order valence-electron chi connectivity index (χ4n) is 0.870. The van der Waals surface area contributed by atoms with Crippen molar-refractivity contribution >= 4 is 11.7 Å². The lowest BCUT2D eigenvalue weighted by atomic mass is 10.3. The smallest absolute Gasteiger partial charge is 0.329 e. The van der Waals surface area contributed by atoms with Crippen molar-refractivity contribution in [2.45, 2.75) is 12.8 Å². The summed E-state index contributed by atoms with van der Waals surface area (Å²) in [5, 5.41) is 3.21.